The number of carbonyl (C=O) groups is 1. The first-order chi connectivity index (χ1) is 8.42. The summed E-state index contributed by atoms with van der Waals surface area (Å²) in [6.07, 6.45) is 8.40. The molecular weight excluding hydrogens is 228 g/mol. The first-order valence-electron chi connectivity index (χ1n) is 6.76. The molecule has 0 aromatic heterocycles. The minimum absolute atomic E-state index is 0.0985. The fourth-order valence-corrected chi connectivity index (χ4v) is 2.10. The summed E-state index contributed by atoms with van der Waals surface area (Å²) in [5, 5.41) is 6.20. The molecule has 4 nitrogen and oxygen atoms in total. The maximum Gasteiger partial charge on any atom is 0.407 e. The zero-order chi connectivity index (χ0) is 13.6. The van der Waals surface area contributed by atoms with Crippen molar-refractivity contribution in [2.24, 2.45) is 0 Å². The van der Waals surface area contributed by atoms with Crippen molar-refractivity contribution in [1.29, 1.82) is 0 Å². The maximum absolute atomic E-state index is 11.8. The molecule has 0 saturated carbocycles. The summed E-state index contributed by atoms with van der Waals surface area (Å²) in [4.78, 5) is 11.8. The van der Waals surface area contributed by atoms with Crippen LogP contribution in [0.2, 0.25) is 0 Å². The predicted octanol–water partition coefficient (Wildman–Crippen LogP) is 2.60. The van der Waals surface area contributed by atoms with E-state index in [9.17, 15) is 4.79 Å². The molecule has 0 aromatic carbocycles. The van der Waals surface area contributed by atoms with E-state index in [1.54, 1.807) is 0 Å². The average Bonchev–Trinajstić information content (AvgIpc) is 2.20. The lowest BCUT2D eigenvalue weighted by atomic mass is 9.97. The van der Waals surface area contributed by atoms with Gasteiger partial charge in [0.1, 0.15) is 5.60 Å². The quantitative estimate of drug-likeness (QED) is 0.745. The highest BCUT2D eigenvalue weighted by Gasteiger charge is 2.23. The monoisotopic (exact) mass is 254 g/mol. The smallest absolute Gasteiger partial charge is 0.407 e. The summed E-state index contributed by atoms with van der Waals surface area (Å²) in [6.45, 7) is 5.63. The Morgan fingerprint density at radius 2 is 2.06 bits per heavy atom. The predicted molar refractivity (Wildman–Crippen MR) is 73.6 cm³/mol. The van der Waals surface area contributed by atoms with Gasteiger partial charge in [0.15, 0.2) is 0 Å². The Bertz CT molecular complexity index is 295. The zero-order valence-electron chi connectivity index (χ0n) is 12.0. The van der Waals surface area contributed by atoms with Gasteiger partial charge in [-0.3, -0.25) is 0 Å². The van der Waals surface area contributed by atoms with Crippen LogP contribution in [0.15, 0.2) is 12.2 Å². The van der Waals surface area contributed by atoms with E-state index in [1.165, 1.54) is 6.42 Å². The van der Waals surface area contributed by atoms with Crippen LogP contribution in [0.25, 0.3) is 0 Å². The molecule has 0 radical (unpaired) electrons. The third-order valence-electron chi connectivity index (χ3n) is 2.95. The van der Waals surface area contributed by atoms with Gasteiger partial charge >= 0.3 is 6.09 Å². The Morgan fingerprint density at radius 1 is 1.33 bits per heavy atom. The molecule has 0 unspecified atom stereocenters. The number of ether oxygens (including phenoxy) is 1. The van der Waals surface area contributed by atoms with Gasteiger partial charge in [0.25, 0.3) is 0 Å². The van der Waals surface area contributed by atoms with Crippen LogP contribution in [-0.4, -0.2) is 30.8 Å². The summed E-state index contributed by atoms with van der Waals surface area (Å²) in [5.74, 6) is 0. The van der Waals surface area contributed by atoms with Crippen molar-refractivity contribution < 1.29 is 9.53 Å². The molecule has 1 rings (SSSR count). The van der Waals surface area contributed by atoms with Gasteiger partial charge in [-0.05, 0) is 47.1 Å². The van der Waals surface area contributed by atoms with Crippen molar-refractivity contribution in [3.8, 4) is 0 Å². The molecule has 4 heteroatoms. The largest absolute Gasteiger partial charge is 0.444 e. The van der Waals surface area contributed by atoms with Crippen molar-refractivity contribution in [2.45, 2.75) is 64.1 Å². The lowest BCUT2D eigenvalue weighted by Crippen LogP contribution is -2.49. The third kappa shape index (κ3) is 5.54. The lowest BCUT2D eigenvalue weighted by molar-refractivity contribution is 0.0494. The second-order valence-electron chi connectivity index (χ2n) is 5.78. The molecule has 1 amide bonds. The molecule has 18 heavy (non-hydrogen) atoms. The van der Waals surface area contributed by atoms with Crippen LogP contribution in [0.1, 0.15) is 46.5 Å². The van der Waals surface area contributed by atoms with E-state index in [0.29, 0.717) is 0 Å². The number of amides is 1. The number of hydrogen-bond donors (Lipinski definition) is 2. The first kappa shape index (κ1) is 15.0. The van der Waals surface area contributed by atoms with E-state index >= 15 is 0 Å². The Kier molecular flexibility index (Phi) is 5.66. The van der Waals surface area contributed by atoms with Crippen molar-refractivity contribution in [1.82, 2.24) is 10.6 Å². The molecule has 0 aliphatic heterocycles. The van der Waals surface area contributed by atoms with Crippen LogP contribution in [0, 0.1) is 0 Å². The summed E-state index contributed by atoms with van der Waals surface area (Å²) >= 11 is 0. The van der Waals surface area contributed by atoms with Crippen molar-refractivity contribution >= 4 is 6.09 Å². The Labute approximate surface area is 110 Å². The van der Waals surface area contributed by atoms with Crippen LogP contribution in [0.4, 0.5) is 4.79 Å². The molecule has 0 bridgehead atoms. The third-order valence-corrected chi connectivity index (χ3v) is 2.95. The van der Waals surface area contributed by atoms with E-state index in [1.807, 2.05) is 27.8 Å². The van der Waals surface area contributed by atoms with Gasteiger partial charge in [-0.25, -0.2) is 4.79 Å². The van der Waals surface area contributed by atoms with E-state index in [0.717, 1.165) is 19.3 Å². The number of alkyl carbamates (subject to hydrolysis) is 1. The zero-order valence-corrected chi connectivity index (χ0v) is 12.0. The highest BCUT2D eigenvalue weighted by atomic mass is 16.6. The Hall–Kier alpha value is -1.03. The van der Waals surface area contributed by atoms with Crippen molar-refractivity contribution in [2.75, 3.05) is 7.05 Å². The van der Waals surface area contributed by atoms with Crippen LogP contribution < -0.4 is 10.6 Å². The SMILES string of the molecule is CN[C@H]1/C=C/CCCC[C@H]1NC(=O)OC(C)(C)C. The minimum Gasteiger partial charge on any atom is -0.444 e. The highest BCUT2D eigenvalue weighted by Crippen LogP contribution is 2.14. The molecular formula is C14H26N2O2. The first-order valence-corrected chi connectivity index (χ1v) is 6.76. The van der Waals surface area contributed by atoms with Crippen molar-refractivity contribution in [3.63, 3.8) is 0 Å². The topological polar surface area (TPSA) is 50.4 Å². The summed E-state index contributed by atoms with van der Waals surface area (Å²) < 4.78 is 5.30. The average molecular weight is 254 g/mol. The Morgan fingerprint density at radius 3 is 2.67 bits per heavy atom. The van der Waals surface area contributed by atoms with Crippen LogP contribution >= 0.6 is 0 Å². The number of likely N-dealkylation sites (N-methyl/N-ethyl adjacent to an activating group) is 1. The fourth-order valence-electron chi connectivity index (χ4n) is 2.10. The Balaban J connectivity index is 2.58. The number of hydrogen-bond acceptors (Lipinski definition) is 3. The molecule has 0 fully saturated rings. The van der Waals surface area contributed by atoms with Crippen LogP contribution in [0.5, 0.6) is 0 Å². The lowest BCUT2D eigenvalue weighted by Gasteiger charge is -2.28. The number of rotatable bonds is 2. The number of carbonyl (C=O) groups excluding carboxylic acids is 1. The van der Waals surface area contributed by atoms with E-state index in [-0.39, 0.29) is 18.2 Å². The van der Waals surface area contributed by atoms with E-state index < -0.39 is 5.60 Å². The molecule has 2 N–H and O–H groups in total. The van der Waals surface area contributed by atoms with Crippen LogP contribution in [-0.2, 0) is 4.74 Å². The number of nitrogens with one attached hydrogen (secondary N) is 2. The molecule has 0 saturated heterocycles. The van der Waals surface area contributed by atoms with Gasteiger partial charge in [-0.2, -0.15) is 0 Å². The van der Waals surface area contributed by atoms with Gasteiger partial charge < -0.3 is 15.4 Å². The van der Waals surface area contributed by atoms with Gasteiger partial charge in [-0.1, -0.05) is 18.6 Å². The maximum atomic E-state index is 11.8. The standard InChI is InChI=1S/C14H26N2O2/c1-14(2,3)18-13(17)16-12-10-8-6-5-7-9-11(12)15-4/h7,9,11-12,15H,5-6,8,10H2,1-4H3,(H,16,17)/b9-7+/t11-,12+/m0/s1. The van der Waals surface area contributed by atoms with Gasteiger partial charge in [0.2, 0.25) is 0 Å². The molecule has 1 aliphatic carbocycles. The molecule has 2 atom stereocenters. The van der Waals surface area contributed by atoms with E-state index in [4.69, 9.17) is 4.74 Å². The van der Waals surface area contributed by atoms with Gasteiger partial charge in [0, 0.05) is 6.04 Å². The van der Waals surface area contributed by atoms with Gasteiger partial charge in [-0.15, -0.1) is 0 Å². The normalized spacial score (nSPS) is 26.9. The molecule has 0 spiro atoms. The van der Waals surface area contributed by atoms with Crippen LogP contribution in [0.3, 0.4) is 0 Å². The van der Waals surface area contributed by atoms with E-state index in [2.05, 4.69) is 22.8 Å². The molecule has 104 valence electrons. The minimum atomic E-state index is -0.448. The fraction of sp³-hybridized carbons (Fsp3) is 0.786. The summed E-state index contributed by atoms with van der Waals surface area (Å²) in [6, 6.07) is 0.277. The highest BCUT2D eigenvalue weighted by molar-refractivity contribution is 5.68. The molecule has 0 heterocycles. The van der Waals surface area contributed by atoms with Gasteiger partial charge in [0.05, 0.1) is 6.04 Å². The second-order valence-corrected chi connectivity index (χ2v) is 5.78. The summed E-state index contributed by atoms with van der Waals surface area (Å²) in [7, 11) is 1.92. The number of allylic oxidation sites excluding steroid dienone is 1. The summed E-state index contributed by atoms with van der Waals surface area (Å²) in [5.41, 5.74) is -0.448. The second kappa shape index (κ2) is 6.78. The molecule has 1 aliphatic rings. The molecule has 0 aromatic rings. The van der Waals surface area contributed by atoms with Crippen molar-refractivity contribution in [3.05, 3.63) is 12.2 Å².